The summed E-state index contributed by atoms with van der Waals surface area (Å²) in [7, 11) is 0. The van der Waals surface area contributed by atoms with Gasteiger partial charge in [0.2, 0.25) is 5.91 Å². The van der Waals surface area contributed by atoms with Crippen LogP contribution in [0.25, 0.3) is 0 Å². The highest BCUT2D eigenvalue weighted by atomic mass is 32.1. The minimum absolute atomic E-state index is 0.00972. The number of nitrogens with two attached hydrogens (primary N) is 1. The molecule has 2 atom stereocenters. The molecule has 0 radical (unpaired) electrons. The van der Waals surface area contributed by atoms with Gasteiger partial charge in [-0.15, -0.1) is 0 Å². The van der Waals surface area contributed by atoms with E-state index >= 15 is 0 Å². The molecule has 0 bridgehead atoms. The van der Waals surface area contributed by atoms with E-state index < -0.39 is 36.4 Å². The molecule has 5 N–H and O–H groups in total. The van der Waals surface area contributed by atoms with Gasteiger partial charge >= 0.3 is 11.9 Å². The second kappa shape index (κ2) is 9.32. The van der Waals surface area contributed by atoms with Crippen LogP contribution in [0.1, 0.15) is 19.3 Å². The minimum atomic E-state index is -1.19. The second-order valence-corrected chi connectivity index (χ2v) is 4.58. The van der Waals surface area contributed by atoms with Crippen LogP contribution in [0, 0.1) is 5.92 Å². The fourth-order valence-corrected chi connectivity index (χ4v) is 1.66. The zero-order valence-corrected chi connectivity index (χ0v) is 11.6. The van der Waals surface area contributed by atoms with Crippen LogP contribution in [0.15, 0.2) is 0 Å². The molecule has 0 spiro atoms. The van der Waals surface area contributed by atoms with E-state index in [9.17, 15) is 19.2 Å². The number of thiol groups is 1. The van der Waals surface area contributed by atoms with E-state index in [0.717, 1.165) is 0 Å². The maximum atomic E-state index is 11.6. The van der Waals surface area contributed by atoms with Crippen molar-refractivity contribution >= 4 is 36.3 Å². The molecule has 0 saturated carbocycles. The molecule has 0 saturated heterocycles. The molecule has 0 aromatic carbocycles. The van der Waals surface area contributed by atoms with Gasteiger partial charge in [0.25, 0.3) is 0 Å². The summed E-state index contributed by atoms with van der Waals surface area (Å²) in [6.07, 6.45) is -0.185. The fraction of sp³-hybridized carbons (Fsp3) is 0.636. The molecular formula is C11H18N2O6S. The molecule has 8 nitrogen and oxygen atoms in total. The number of rotatable bonds is 10. The Morgan fingerprint density at radius 3 is 2.25 bits per heavy atom. The molecule has 0 heterocycles. The van der Waals surface area contributed by atoms with E-state index in [1.807, 2.05) is 0 Å². The summed E-state index contributed by atoms with van der Waals surface area (Å²) >= 11 is 3.94. The molecule has 0 aromatic heterocycles. The summed E-state index contributed by atoms with van der Waals surface area (Å²) in [5.41, 5.74) is 5.26. The normalized spacial score (nSPS) is 13.3. The molecule has 0 unspecified atom stereocenters. The van der Waals surface area contributed by atoms with Gasteiger partial charge in [-0.1, -0.05) is 0 Å². The van der Waals surface area contributed by atoms with Crippen molar-refractivity contribution in [3.63, 3.8) is 0 Å². The number of amides is 1. The van der Waals surface area contributed by atoms with Crippen LogP contribution in [-0.4, -0.2) is 52.2 Å². The zero-order valence-electron chi connectivity index (χ0n) is 10.7. The van der Waals surface area contributed by atoms with Gasteiger partial charge in [-0.3, -0.25) is 19.2 Å². The first-order chi connectivity index (χ1) is 9.27. The van der Waals surface area contributed by atoms with E-state index in [4.69, 9.17) is 15.9 Å². The van der Waals surface area contributed by atoms with Crippen molar-refractivity contribution in [1.82, 2.24) is 5.32 Å². The van der Waals surface area contributed by atoms with Crippen LogP contribution in [0.3, 0.4) is 0 Å². The summed E-state index contributed by atoms with van der Waals surface area (Å²) in [5.74, 6) is -3.92. The van der Waals surface area contributed by atoms with Crippen molar-refractivity contribution in [2.75, 3.05) is 12.3 Å². The van der Waals surface area contributed by atoms with E-state index in [-0.39, 0.29) is 30.8 Å². The van der Waals surface area contributed by atoms with E-state index in [0.29, 0.717) is 0 Å². The van der Waals surface area contributed by atoms with Crippen molar-refractivity contribution < 1.29 is 29.4 Å². The average molecular weight is 306 g/mol. The predicted molar refractivity (Wildman–Crippen MR) is 72.5 cm³/mol. The molecule has 0 rings (SSSR count). The fourth-order valence-electron chi connectivity index (χ4n) is 1.36. The Kier molecular flexibility index (Phi) is 8.57. The maximum Gasteiger partial charge on any atom is 0.322 e. The van der Waals surface area contributed by atoms with Crippen molar-refractivity contribution in [3.8, 4) is 0 Å². The SMILES string of the molecule is N[C@@H](CCC(=O)C[C@@H](CS)C(=O)NCC(=O)O)C(=O)O. The Balaban J connectivity index is 4.21. The lowest BCUT2D eigenvalue weighted by Gasteiger charge is -2.13. The smallest absolute Gasteiger partial charge is 0.322 e. The van der Waals surface area contributed by atoms with E-state index in [1.54, 1.807) is 0 Å². The highest BCUT2D eigenvalue weighted by molar-refractivity contribution is 7.80. The van der Waals surface area contributed by atoms with Gasteiger partial charge in [-0.2, -0.15) is 12.6 Å². The molecule has 9 heteroatoms. The highest BCUT2D eigenvalue weighted by Gasteiger charge is 2.22. The number of ketones is 1. The largest absolute Gasteiger partial charge is 0.480 e. The van der Waals surface area contributed by atoms with Gasteiger partial charge in [0.1, 0.15) is 18.4 Å². The monoisotopic (exact) mass is 306 g/mol. The Morgan fingerprint density at radius 1 is 1.20 bits per heavy atom. The van der Waals surface area contributed by atoms with Crippen LogP contribution < -0.4 is 11.1 Å². The summed E-state index contributed by atoms with van der Waals surface area (Å²) < 4.78 is 0. The first-order valence-corrected chi connectivity index (χ1v) is 6.51. The van der Waals surface area contributed by atoms with Gasteiger partial charge in [0, 0.05) is 18.6 Å². The average Bonchev–Trinajstić information content (AvgIpc) is 2.38. The molecule has 114 valence electrons. The lowest BCUT2D eigenvalue weighted by molar-refractivity contribution is -0.139. The summed E-state index contributed by atoms with van der Waals surface area (Å²) in [6, 6.07) is -1.12. The van der Waals surface area contributed by atoms with Crippen molar-refractivity contribution in [1.29, 1.82) is 0 Å². The highest BCUT2D eigenvalue weighted by Crippen LogP contribution is 2.10. The lowest BCUT2D eigenvalue weighted by atomic mass is 9.99. The standard InChI is InChI=1S/C11H18N2O6S/c12-8(11(18)19)2-1-7(14)3-6(5-20)10(17)13-4-9(15)16/h6,8,20H,1-5,12H2,(H,13,17)(H,15,16)(H,18,19)/t6-,8-/m0/s1. The van der Waals surface area contributed by atoms with Gasteiger partial charge in [-0.05, 0) is 6.42 Å². The number of carbonyl (C=O) groups is 4. The molecule has 20 heavy (non-hydrogen) atoms. The third-order valence-corrected chi connectivity index (χ3v) is 2.97. The second-order valence-electron chi connectivity index (χ2n) is 4.22. The molecule has 0 fully saturated rings. The first-order valence-electron chi connectivity index (χ1n) is 5.88. The quantitative estimate of drug-likeness (QED) is 0.321. The number of carbonyl (C=O) groups excluding carboxylic acids is 2. The van der Waals surface area contributed by atoms with Gasteiger partial charge in [0.05, 0.1) is 5.92 Å². The van der Waals surface area contributed by atoms with Crippen molar-refractivity contribution in [2.24, 2.45) is 11.7 Å². The maximum absolute atomic E-state index is 11.6. The molecule has 0 aromatic rings. The number of aliphatic carboxylic acids is 2. The number of hydrogen-bond donors (Lipinski definition) is 5. The van der Waals surface area contributed by atoms with Crippen LogP contribution in [0.2, 0.25) is 0 Å². The molecule has 1 amide bonds. The minimum Gasteiger partial charge on any atom is -0.480 e. The number of nitrogens with one attached hydrogen (secondary N) is 1. The summed E-state index contributed by atoms with van der Waals surface area (Å²) in [6.45, 7) is -0.527. The van der Waals surface area contributed by atoms with Crippen LogP contribution in [0.5, 0.6) is 0 Å². The Morgan fingerprint density at radius 2 is 1.80 bits per heavy atom. The van der Waals surface area contributed by atoms with Gasteiger partial charge in [0.15, 0.2) is 0 Å². The number of hydrogen-bond acceptors (Lipinski definition) is 6. The third kappa shape index (κ3) is 7.74. The first kappa shape index (κ1) is 18.4. The Hall–Kier alpha value is -1.61. The predicted octanol–water partition coefficient (Wildman–Crippen LogP) is -1.12. The van der Waals surface area contributed by atoms with E-state index in [2.05, 4.69) is 17.9 Å². The van der Waals surface area contributed by atoms with Crippen LogP contribution in [0.4, 0.5) is 0 Å². The van der Waals surface area contributed by atoms with Gasteiger partial charge < -0.3 is 21.3 Å². The van der Waals surface area contributed by atoms with E-state index in [1.165, 1.54) is 0 Å². The number of carboxylic acid groups (broad SMARTS) is 2. The Bertz CT molecular complexity index is 387. The summed E-state index contributed by atoms with van der Waals surface area (Å²) in [4.78, 5) is 44.0. The topological polar surface area (TPSA) is 147 Å². The molecule has 0 aliphatic carbocycles. The lowest BCUT2D eigenvalue weighted by Crippen LogP contribution is -2.36. The zero-order chi connectivity index (χ0) is 15.7. The third-order valence-electron chi connectivity index (χ3n) is 2.53. The Labute approximate surface area is 121 Å². The van der Waals surface area contributed by atoms with Crippen molar-refractivity contribution in [2.45, 2.75) is 25.3 Å². The number of carboxylic acids is 2. The van der Waals surface area contributed by atoms with Crippen LogP contribution >= 0.6 is 12.6 Å². The van der Waals surface area contributed by atoms with Gasteiger partial charge in [-0.25, -0.2) is 0 Å². The molecule has 0 aliphatic rings. The number of Topliss-reactive ketones (excluding diaryl/α,β-unsaturated/α-hetero) is 1. The molecular weight excluding hydrogens is 288 g/mol. The molecule has 0 aliphatic heterocycles. The van der Waals surface area contributed by atoms with Crippen molar-refractivity contribution in [3.05, 3.63) is 0 Å². The van der Waals surface area contributed by atoms with Crippen LogP contribution in [-0.2, 0) is 19.2 Å². The summed E-state index contributed by atoms with van der Waals surface area (Å²) in [5, 5.41) is 19.2.